The topological polar surface area (TPSA) is 144 Å². The summed E-state index contributed by atoms with van der Waals surface area (Å²) in [6, 6.07) is 10.5. The summed E-state index contributed by atoms with van der Waals surface area (Å²) < 4.78 is 34.1. The van der Waals surface area contributed by atoms with E-state index in [0.717, 1.165) is 26.3 Å². The van der Waals surface area contributed by atoms with Crippen LogP contribution >= 0.6 is 0 Å². The highest BCUT2D eigenvalue weighted by Gasteiger charge is 2.53. The van der Waals surface area contributed by atoms with Gasteiger partial charge in [0, 0.05) is 33.3 Å². The third-order valence-electron chi connectivity index (χ3n) is 6.37. The molecule has 1 aliphatic heterocycles. The van der Waals surface area contributed by atoms with E-state index in [0.29, 0.717) is 35.3 Å². The molecule has 0 radical (unpaired) electrons. The normalized spacial score (nSPS) is 21.2. The van der Waals surface area contributed by atoms with Crippen molar-refractivity contribution < 1.29 is 52.7 Å². The molecule has 2 aromatic rings. The first-order valence-electron chi connectivity index (χ1n) is 13.6. The Labute approximate surface area is 250 Å². The second-order valence-corrected chi connectivity index (χ2v) is 9.85. The van der Waals surface area contributed by atoms with Gasteiger partial charge in [-0.3, -0.25) is 19.2 Å². The van der Waals surface area contributed by atoms with Crippen molar-refractivity contribution in [2.75, 3.05) is 6.61 Å². The first-order valence-corrected chi connectivity index (χ1v) is 13.6. The fourth-order valence-corrected chi connectivity index (χ4v) is 4.68. The van der Waals surface area contributed by atoms with Crippen LogP contribution in [0.2, 0.25) is 0 Å². The number of esters is 4. The van der Waals surface area contributed by atoms with Crippen LogP contribution in [-0.4, -0.2) is 66.3 Å². The molecule has 11 nitrogen and oxygen atoms in total. The van der Waals surface area contributed by atoms with E-state index in [2.05, 4.69) is 13.2 Å². The van der Waals surface area contributed by atoms with Crippen LogP contribution in [0.1, 0.15) is 38.8 Å². The highest BCUT2D eigenvalue weighted by atomic mass is 16.7. The smallest absolute Gasteiger partial charge is 0.303 e. The fourth-order valence-electron chi connectivity index (χ4n) is 4.68. The number of rotatable bonds is 12. The van der Waals surface area contributed by atoms with E-state index in [4.69, 9.17) is 28.4 Å². The van der Waals surface area contributed by atoms with Crippen molar-refractivity contribution in [1.29, 1.82) is 0 Å². The van der Waals surface area contributed by atoms with Crippen LogP contribution in [-0.2, 0) is 55.7 Å². The molecule has 0 spiro atoms. The SMILES string of the molecule is C=CCc1ccc(O[C@@H]2O[C@H](COC(C)=O)[C@@H](OC(C)=O)[C@H](OC(C)=O)[C@H]2OC(C)=O)c(-c2ccc(O)c(CC=C)c2)c1. The highest BCUT2D eigenvalue weighted by Crippen LogP contribution is 2.37. The maximum absolute atomic E-state index is 12.2. The van der Waals surface area contributed by atoms with E-state index < -0.39 is 54.6 Å². The van der Waals surface area contributed by atoms with Gasteiger partial charge in [0.2, 0.25) is 12.4 Å². The maximum atomic E-state index is 12.2. The minimum Gasteiger partial charge on any atom is -0.508 e. The van der Waals surface area contributed by atoms with E-state index in [1.165, 1.54) is 6.92 Å². The number of hydrogen-bond acceptors (Lipinski definition) is 11. The molecule has 2 aromatic carbocycles. The number of carbonyl (C=O) groups is 4. The summed E-state index contributed by atoms with van der Waals surface area (Å²) in [6.45, 7) is 11.8. The first-order chi connectivity index (χ1) is 20.4. The molecule has 1 fully saturated rings. The van der Waals surface area contributed by atoms with Gasteiger partial charge in [0.25, 0.3) is 0 Å². The van der Waals surface area contributed by atoms with E-state index in [-0.39, 0.29) is 12.4 Å². The zero-order valence-corrected chi connectivity index (χ0v) is 24.6. The van der Waals surface area contributed by atoms with E-state index in [9.17, 15) is 24.3 Å². The number of hydrogen-bond donors (Lipinski definition) is 1. The molecule has 1 heterocycles. The standard InChI is InChI=1S/C32H36O11/c1-7-9-22-11-14-27(25(15-22)23-12-13-26(37)24(16-23)10-8-2)42-32-31(41-21(6)36)30(40-20(5)35)29(39-19(4)34)28(43-32)17-38-18(3)33/h7-8,11-16,28-32,37H,1-2,9-10,17H2,3-6H3/t28-,29-,30+,31-,32-/m1/s1. The maximum Gasteiger partial charge on any atom is 0.303 e. The quantitative estimate of drug-likeness (QED) is 0.216. The highest BCUT2D eigenvalue weighted by molar-refractivity contribution is 5.73. The number of benzene rings is 2. The molecule has 0 aliphatic carbocycles. The summed E-state index contributed by atoms with van der Waals surface area (Å²) in [4.78, 5) is 48.0. The Kier molecular flexibility index (Phi) is 11.5. The molecular weight excluding hydrogens is 560 g/mol. The van der Waals surface area contributed by atoms with Gasteiger partial charge in [0.1, 0.15) is 24.2 Å². The monoisotopic (exact) mass is 596 g/mol. The Morgan fingerprint density at radius 3 is 2.05 bits per heavy atom. The van der Waals surface area contributed by atoms with Gasteiger partial charge < -0.3 is 33.5 Å². The van der Waals surface area contributed by atoms with Crippen molar-refractivity contribution in [2.45, 2.75) is 71.2 Å². The van der Waals surface area contributed by atoms with Gasteiger partial charge in [0.15, 0.2) is 12.2 Å². The summed E-state index contributed by atoms with van der Waals surface area (Å²) in [7, 11) is 0. The summed E-state index contributed by atoms with van der Waals surface area (Å²) in [6.07, 6.45) is -2.25. The molecule has 0 saturated carbocycles. The predicted octanol–water partition coefficient (Wildman–Crippen LogP) is 3.98. The molecule has 1 N–H and O–H groups in total. The summed E-state index contributed by atoms with van der Waals surface area (Å²) in [5, 5.41) is 10.3. The van der Waals surface area contributed by atoms with Crippen LogP contribution < -0.4 is 4.74 Å². The van der Waals surface area contributed by atoms with Crippen molar-refractivity contribution in [3.8, 4) is 22.6 Å². The summed E-state index contributed by atoms with van der Waals surface area (Å²) in [5.74, 6) is -2.45. The molecule has 0 aromatic heterocycles. The van der Waals surface area contributed by atoms with Gasteiger partial charge in [0.05, 0.1) is 0 Å². The number of phenols is 1. The van der Waals surface area contributed by atoms with Gasteiger partial charge >= 0.3 is 23.9 Å². The molecule has 0 bridgehead atoms. The minimum atomic E-state index is -1.41. The lowest BCUT2D eigenvalue weighted by molar-refractivity contribution is -0.288. The molecule has 3 rings (SSSR count). The Hall–Kier alpha value is -4.64. The van der Waals surface area contributed by atoms with Gasteiger partial charge in [-0.15, -0.1) is 13.2 Å². The molecule has 0 unspecified atom stereocenters. The fraction of sp³-hybridized carbons (Fsp3) is 0.375. The largest absolute Gasteiger partial charge is 0.508 e. The van der Waals surface area contributed by atoms with E-state index in [1.54, 1.807) is 36.4 Å². The van der Waals surface area contributed by atoms with Crippen molar-refractivity contribution >= 4 is 23.9 Å². The third-order valence-corrected chi connectivity index (χ3v) is 6.37. The third kappa shape index (κ3) is 8.92. The zero-order valence-electron chi connectivity index (χ0n) is 24.6. The van der Waals surface area contributed by atoms with E-state index >= 15 is 0 Å². The number of carbonyl (C=O) groups excluding carboxylic acids is 4. The molecule has 5 atom stereocenters. The molecule has 0 amide bonds. The number of phenolic OH excluding ortho intramolecular Hbond substituents is 1. The van der Waals surface area contributed by atoms with Crippen molar-refractivity contribution in [2.24, 2.45) is 0 Å². The zero-order chi connectivity index (χ0) is 31.7. The average Bonchev–Trinajstić information content (AvgIpc) is 2.92. The Bertz CT molecular complexity index is 1370. The lowest BCUT2D eigenvalue weighted by atomic mass is 9.96. The van der Waals surface area contributed by atoms with Crippen molar-refractivity contribution in [3.05, 3.63) is 72.8 Å². The van der Waals surface area contributed by atoms with Crippen LogP contribution in [0.3, 0.4) is 0 Å². The van der Waals surface area contributed by atoms with Crippen LogP contribution in [0.5, 0.6) is 11.5 Å². The number of allylic oxidation sites excluding steroid dienone is 2. The van der Waals surface area contributed by atoms with Crippen molar-refractivity contribution in [3.63, 3.8) is 0 Å². The average molecular weight is 597 g/mol. The minimum absolute atomic E-state index is 0.105. The van der Waals surface area contributed by atoms with Crippen molar-refractivity contribution in [1.82, 2.24) is 0 Å². The lowest BCUT2D eigenvalue weighted by Gasteiger charge is -2.44. The van der Waals surface area contributed by atoms with Crippen LogP contribution in [0.15, 0.2) is 61.7 Å². The van der Waals surface area contributed by atoms with E-state index in [1.807, 2.05) is 12.1 Å². The summed E-state index contributed by atoms with van der Waals surface area (Å²) in [5.41, 5.74) is 2.86. The van der Waals surface area contributed by atoms with Crippen LogP contribution in [0.25, 0.3) is 11.1 Å². The summed E-state index contributed by atoms with van der Waals surface area (Å²) >= 11 is 0. The second-order valence-electron chi connectivity index (χ2n) is 9.85. The van der Waals surface area contributed by atoms with Crippen LogP contribution in [0, 0.1) is 0 Å². The van der Waals surface area contributed by atoms with Gasteiger partial charge in [-0.2, -0.15) is 0 Å². The molecular formula is C32H36O11. The van der Waals surface area contributed by atoms with Crippen LogP contribution in [0.4, 0.5) is 0 Å². The molecule has 11 heteroatoms. The Morgan fingerprint density at radius 2 is 1.44 bits per heavy atom. The predicted molar refractivity (Wildman–Crippen MR) is 154 cm³/mol. The number of ether oxygens (including phenoxy) is 6. The van der Waals surface area contributed by atoms with Gasteiger partial charge in [-0.25, -0.2) is 0 Å². The Balaban J connectivity index is 2.14. The molecule has 230 valence electrons. The van der Waals surface area contributed by atoms with Gasteiger partial charge in [-0.1, -0.05) is 24.3 Å². The molecule has 43 heavy (non-hydrogen) atoms. The number of aromatic hydroxyl groups is 1. The molecule has 1 aliphatic rings. The van der Waals surface area contributed by atoms with Gasteiger partial charge in [-0.05, 0) is 53.8 Å². The second kappa shape index (κ2) is 15.0. The first kappa shape index (κ1) is 32.9. The molecule has 1 saturated heterocycles. The lowest BCUT2D eigenvalue weighted by Crippen LogP contribution is -2.63. The Morgan fingerprint density at radius 1 is 0.814 bits per heavy atom.